The van der Waals surface area contributed by atoms with Crippen LogP contribution >= 0.6 is 0 Å². The van der Waals surface area contributed by atoms with Gasteiger partial charge in [0.25, 0.3) is 5.91 Å². The topological polar surface area (TPSA) is 146 Å². The van der Waals surface area contributed by atoms with Crippen LogP contribution < -0.4 is 26.6 Å². The molecule has 11 heteroatoms. The molecule has 1 fully saturated rings. The number of carbonyl (C=O) groups excluding carboxylic acids is 2. The fraction of sp³-hybridized carbons (Fsp3) is 0.304. The third-order valence-electron chi connectivity index (χ3n) is 5.35. The van der Waals surface area contributed by atoms with Crippen molar-refractivity contribution < 1.29 is 9.59 Å². The summed E-state index contributed by atoms with van der Waals surface area (Å²) in [5.74, 6) is 1.11. The zero-order valence-electron chi connectivity index (χ0n) is 18.8. The first-order valence-electron chi connectivity index (χ1n) is 11.2. The van der Waals surface area contributed by atoms with Crippen LogP contribution in [-0.2, 0) is 0 Å². The average Bonchev–Trinajstić information content (AvgIpc) is 2.80. The van der Waals surface area contributed by atoms with E-state index in [2.05, 4.69) is 46.5 Å². The molecule has 0 bridgehead atoms. The molecule has 0 aliphatic heterocycles. The molecule has 1 aliphatic rings. The lowest BCUT2D eigenvalue weighted by Gasteiger charge is -2.25. The third-order valence-corrected chi connectivity index (χ3v) is 5.35. The van der Waals surface area contributed by atoms with Gasteiger partial charge in [-0.2, -0.15) is 0 Å². The molecule has 0 aromatic carbocycles. The van der Waals surface area contributed by atoms with Gasteiger partial charge in [0, 0.05) is 31.5 Å². The van der Waals surface area contributed by atoms with Crippen molar-refractivity contribution in [2.24, 2.45) is 5.92 Å². The Morgan fingerprint density at radius 2 is 1.85 bits per heavy atom. The highest BCUT2D eigenvalue weighted by atomic mass is 16.2. The van der Waals surface area contributed by atoms with Crippen molar-refractivity contribution in [3.05, 3.63) is 54.7 Å². The summed E-state index contributed by atoms with van der Waals surface area (Å²) in [6, 6.07) is 4.79. The lowest BCUT2D eigenvalue weighted by Crippen LogP contribution is -2.28. The molecule has 0 saturated heterocycles. The van der Waals surface area contributed by atoms with Crippen LogP contribution in [0.4, 0.5) is 33.6 Å². The number of nitrogens with one attached hydrogen (secondary N) is 5. The van der Waals surface area contributed by atoms with E-state index in [0.29, 0.717) is 41.3 Å². The Morgan fingerprint density at radius 3 is 2.53 bits per heavy atom. The summed E-state index contributed by atoms with van der Waals surface area (Å²) in [6.45, 7) is 3.15. The summed E-state index contributed by atoms with van der Waals surface area (Å²) in [5, 5.41) is 14.5. The number of urea groups is 1. The number of hydrogen-bond acceptors (Lipinski definition) is 8. The van der Waals surface area contributed by atoms with Crippen LogP contribution in [0.25, 0.3) is 0 Å². The predicted molar refractivity (Wildman–Crippen MR) is 130 cm³/mol. The number of pyridine rings is 2. The van der Waals surface area contributed by atoms with Gasteiger partial charge < -0.3 is 21.3 Å². The van der Waals surface area contributed by atoms with E-state index in [1.807, 2.05) is 13.0 Å². The number of nitrogens with zero attached hydrogens (tertiary/aromatic N) is 4. The van der Waals surface area contributed by atoms with Gasteiger partial charge in [0.05, 0.1) is 41.2 Å². The monoisotopic (exact) mass is 461 g/mol. The molecule has 4 rings (SSSR count). The van der Waals surface area contributed by atoms with E-state index in [9.17, 15) is 9.59 Å². The van der Waals surface area contributed by atoms with Crippen LogP contribution in [0, 0.1) is 5.92 Å². The Hall–Kier alpha value is -4.28. The molecule has 34 heavy (non-hydrogen) atoms. The van der Waals surface area contributed by atoms with Crippen molar-refractivity contribution >= 4 is 40.8 Å². The van der Waals surface area contributed by atoms with E-state index in [-0.39, 0.29) is 11.6 Å². The van der Waals surface area contributed by atoms with E-state index >= 15 is 0 Å². The maximum absolute atomic E-state index is 13.0. The van der Waals surface area contributed by atoms with Crippen LogP contribution in [0.1, 0.15) is 36.5 Å². The fourth-order valence-corrected chi connectivity index (χ4v) is 3.34. The molecule has 1 aliphatic carbocycles. The second kappa shape index (κ2) is 11.0. The normalized spacial score (nSPS) is 12.9. The van der Waals surface area contributed by atoms with Gasteiger partial charge in [0.1, 0.15) is 5.82 Å². The van der Waals surface area contributed by atoms with E-state index in [1.165, 1.54) is 25.5 Å². The van der Waals surface area contributed by atoms with Crippen LogP contribution in [0.5, 0.6) is 0 Å². The second-order valence-electron chi connectivity index (χ2n) is 7.89. The molecule has 0 atom stereocenters. The Kier molecular flexibility index (Phi) is 7.43. The minimum absolute atomic E-state index is 0.275. The summed E-state index contributed by atoms with van der Waals surface area (Å²) < 4.78 is 0. The average molecular weight is 462 g/mol. The van der Waals surface area contributed by atoms with Crippen LogP contribution in [0.15, 0.2) is 49.2 Å². The van der Waals surface area contributed by atoms with Crippen LogP contribution in [-0.4, -0.2) is 45.0 Å². The van der Waals surface area contributed by atoms with Gasteiger partial charge >= 0.3 is 6.03 Å². The molecule has 3 aromatic rings. The lowest BCUT2D eigenvalue weighted by atomic mass is 9.85. The van der Waals surface area contributed by atoms with Crippen molar-refractivity contribution in [3.8, 4) is 0 Å². The lowest BCUT2D eigenvalue weighted by molar-refractivity contribution is 0.102. The highest BCUT2D eigenvalue weighted by molar-refractivity contribution is 6.08. The van der Waals surface area contributed by atoms with Gasteiger partial charge in [0.2, 0.25) is 5.95 Å². The molecule has 0 radical (unpaired) electrons. The Morgan fingerprint density at radius 1 is 1.03 bits per heavy atom. The molecule has 3 aromatic heterocycles. The molecule has 176 valence electrons. The van der Waals surface area contributed by atoms with E-state index < -0.39 is 5.91 Å². The first-order valence-corrected chi connectivity index (χ1v) is 11.2. The number of carbonyl (C=O) groups is 2. The molecular formula is C23H27N9O2. The smallest absolute Gasteiger partial charge is 0.320 e. The minimum Gasteiger partial charge on any atom is -0.354 e. The van der Waals surface area contributed by atoms with E-state index in [4.69, 9.17) is 0 Å². The molecule has 1 saturated carbocycles. The number of amides is 3. The first-order chi connectivity index (χ1) is 16.6. The van der Waals surface area contributed by atoms with Crippen LogP contribution in [0.3, 0.4) is 0 Å². The summed E-state index contributed by atoms with van der Waals surface area (Å²) in [4.78, 5) is 41.8. The molecule has 11 nitrogen and oxygen atoms in total. The van der Waals surface area contributed by atoms with Crippen molar-refractivity contribution in [1.82, 2.24) is 25.3 Å². The maximum Gasteiger partial charge on any atom is 0.320 e. The summed E-state index contributed by atoms with van der Waals surface area (Å²) >= 11 is 0. The standard InChI is InChI=1S/C23H27N9O2/c1-2-25-23(34)32-20-9-19(30-16-7-4-8-24-11-16)18(14-26-20)21(33)31-17-12-28-22(29-13-17)27-10-15-5-3-6-15/h4,7-9,11-15H,2-3,5-6,10H2,1H3,(H,31,33)(H,27,28,29)(H3,25,26,30,32,34). The fourth-order valence-electron chi connectivity index (χ4n) is 3.34. The summed E-state index contributed by atoms with van der Waals surface area (Å²) in [7, 11) is 0. The highest BCUT2D eigenvalue weighted by Crippen LogP contribution is 2.26. The Labute approximate surface area is 197 Å². The summed E-state index contributed by atoms with van der Waals surface area (Å²) in [6.07, 6.45) is 11.5. The van der Waals surface area contributed by atoms with Crippen molar-refractivity contribution in [2.45, 2.75) is 26.2 Å². The Balaban J connectivity index is 1.48. The summed E-state index contributed by atoms with van der Waals surface area (Å²) in [5.41, 5.74) is 1.86. The SMILES string of the molecule is CCNC(=O)Nc1cc(Nc2cccnc2)c(C(=O)Nc2cnc(NCC3CCC3)nc2)cn1. The second-order valence-corrected chi connectivity index (χ2v) is 7.89. The van der Waals surface area contributed by atoms with Crippen molar-refractivity contribution in [1.29, 1.82) is 0 Å². The van der Waals surface area contributed by atoms with Gasteiger partial charge in [-0.1, -0.05) is 6.42 Å². The minimum atomic E-state index is -0.401. The van der Waals surface area contributed by atoms with Crippen molar-refractivity contribution in [2.75, 3.05) is 34.4 Å². The van der Waals surface area contributed by atoms with Gasteiger partial charge in [-0.3, -0.25) is 15.1 Å². The zero-order valence-corrected chi connectivity index (χ0v) is 18.8. The molecule has 0 spiro atoms. The molecule has 3 amide bonds. The van der Waals surface area contributed by atoms with E-state index in [0.717, 1.165) is 6.54 Å². The van der Waals surface area contributed by atoms with Gasteiger partial charge in [-0.15, -0.1) is 0 Å². The number of anilines is 5. The molecular weight excluding hydrogens is 434 g/mol. The van der Waals surface area contributed by atoms with Gasteiger partial charge in [-0.05, 0) is 37.8 Å². The molecule has 5 N–H and O–H groups in total. The van der Waals surface area contributed by atoms with Crippen LogP contribution in [0.2, 0.25) is 0 Å². The van der Waals surface area contributed by atoms with Crippen molar-refractivity contribution in [3.63, 3.8) is 0 Å². The first kappa shape index (κ1) is 22.9. The maximum atomic E-state index is 13.0. The Bertz CT molecular complexity index is 1120. The quantitative estimate of drug-likeness (QED) is 0.325. The third kappa shape index (κ3) is 6.15. The molecule has 3 heterocycles. The number of hydrogen-bond donors (Lipinski definition) is 5. The largest absolute Gasteiger partial charge is 0.354 e. The van der Waals surface area contributed by atoms with E-state index in [1.54, 1.807) is 36.9 Å². The van der Waals surface area contributed by atoms with Gasteiger partial charge in [0.15, 0.2) is 0 Å². The number of rotatable bonds is 9. The predicted octanol–water partition coefficient (Wildman–Crippen LogP) is 3.62. The highest BCUT2D eigenvalue weighted by Gasteiger charge is 2.18. The number of aromatic nitrogens is 4. The van der Waals surface area contributed by atoms with Gasteiger partial charge in [-0.25, -0.2) is 19.7 Å². The molecule has 0 unspecified atom stereocenters. The zero-order chi connectivity index (χ0) is 23.8.